The average molecular weight is 496 g/mol. The van der Waals surface area contributed by atoms with Crippen LogP contribution in [0.5, 0.6) is 0 Å². The van der Waals surface area contributed by atoms with E-state index in [-0.39, 0.29) is 16.3 Å². The van der Waals surface area contributed by atoms with E-state index in [4.69, 9.17) is 0 Å². The number of nitrogens with zero attached hydrogens (tertiary/aromatic N) is 3. The minimum absolute atomic E-state index is 0.127. The maximum Gasteiger partial charge on any atom is 0.279 e. The summed E-state index contributed by atoms with van der Waals surface area (Å²) in [4.78, 5) is 17.7. The predicted octanol–water partition coefficient (Wildman–Crippen LogP) is 4.74. The molecule has 5 rings (SSSR count). The predicted molar refractivity (Wildman–Crippen MR) is 131 cm³/mol. The number of halogens is 1. The second-order valence-electron chi connectivity index (χ2n) is 7.99. The number of aromatic nitrogens is 1. The number of rotatable bonds is 4. The highest BCUT2D eigenvalue weighted by molar-refractivity contribution is 7.92. The Balaban J connectivity index is 1.46. The molecule has 0 N–H and O–H groups in total. The molecule has 1 amide bonds. The highest BCUT2D eigenvalue weighted by atomic mass is 32.2. The molecular weight excluding hydrogens is 473 g/mol. The zero-order valence-corrected chi connectivity index (χ0v) is 20.1. The Labute approximate surface area is 200 Å². The quantitative estimate of drug-likeness (QED) is 0.410. The van der Waals surface area contributed by atoms with Gasteiger partial charge < -0.3 is 4.57 Å². The van der Waals surface area contributed by atoms with Gasteiger partial charge in [-0.1, -0.05) is 29.5 Å². The number of anilines is 1. The maximum absolute atomic E-state index is 13.6. The molecule has 0 saturated heterocycles. The first kappa shape index (κ1) is 22.5. The van der Waals surface area contributed by atoms with Gasteiger partial charge in [0.25, 0.3) is 15.9 Å². The first-order chi connectivity index (χ1) is 16.4. The minimum Gasteiger partial charge on any atom is -0.317 e. The molecule has 9 heteroatoms. The van der Waals surface area contributed by atoms with Crippen molar-refractivity contribution in [3.8, 4) is 0 Å². The summed E-state index contributed by atoms with van der Waals surface area (Å²) >= 11 is 1.24. The van der Waals surface area contributed by atoms with E-state index >= 15 is 0 Å². The van der Waals surface area contributed by atoms with Gasteiger partial charge in [-0.25, -0.2) is 12.8 Å². The maximum atomic E-state index is 13.6. The molecule has 2 heterocycles. The Morgan fingerprint density at radius 2 is 1.85 bits per heavy atom. The SMILES string of the molecule is CCn1c(=NC(=O)c2ccc(S(=O)(=O)N3CCCc4ccccc43)cc2)sc2cc(F)ccc21. The number of para-hydroxylation sites is 1. The lowest BCUT2D eigenvalue weighted by atomic mass is 10.0. The summed E-state index contributed by atoms with van der Waals surface area (Å²) in [7, 11) is -3.76. The number of sulfonamides is 1. The normalized spacial score (nSPS) is 14.4. The number of carbonyl (C=O) groups excluding carboxylic acids is 1. The van der Waals surface area contributed by atoms with E-state index < -0.39 is 15.9 Å². The molecule has 0 unspecified atom stereocenters. The molecule has 3 aromatic carbocycles. The highest BCUT2D eigenvalue weighted by Crippen LogP contribution is 2.31. The van der Waals surface area contributed by atoms with Crippen molar-refractivity contribution >= 4 is 43.2 Å². The highest BCUT2D eigenvalue weighted by Gasteiger charge is 2.29. The van der Waals surface area contributed by atoms with E-state index in [1.807, 2.05) is 35.8 Å². The summed E-state index contributed by atoms with van der Waals surface area (Å²) in [5.41, 5.74) is 2.80. The molecule has 0 radical (unpaired) electrons. The molecule has 4 aromatic rings. The lowest BCUT2D eigenvalue weighted by Gasteiger charge is -2.30. The molecule has 6 nitrogen and oxygen atoms in total. The van der Waals surface area contributed by atoms with Gasteiger partial charge in [0.1, 0.15) is 5.82 Å². The van der Waals surface area contributed by atoms with Gasteiger partial charge in [0, 0.05) is 18.7 Å². The third kappa shape index (κ3) is 3.95. The molecule has 0 spiro atoms. The Morgan fingerprint density at radius 3 is 2.62 bits per heavy atom. The van der Waals surface area contributed by atoms with Gasteiger partial charge in [-0.2, -0.15) is 4.99 Å². The van der Waals surface area contributed by atoms with Crippen LogP contribution in [-0.2, 0) is 23.0 Å². The molecule has 1 aromatic heterocycles. The summed E-state index contributed by atoms with van der Waals surface area (Å²) < 4.78 is 44.2. The number of amides is 1. The van der Waals surface area contributed by atoms with E-state index in [2.05, 4.69) is 4.99 Å². The molecule has 0 aliphatic carbocycles. The van der Waals surface area contributed by atoms with Crippen LogP contribution in [0.2, 0.25) is 0 Å². The van der Waals surface area contributed by atoms with Crippen LogP contribution in [0.1, 0.15) is 29.3 Å². The van der Waals surface area contributed by atoms with Crippen molar-refractivity contribution in [3.05, 3.63) is 88.5 Å². The summed E-state index contributed by atoms with van der Waals surface area (Å²) in [5.74, 6) is -0.829. The first-order valence-corrected chi connectivity index (χ1v) is 13.2. The van der Waals surface area contributed by atoms with Gasteiger partial charge in [-0.05, 0) is 73.9 Å². The van der Waals surface area contributed by atoms with Crippen LogP contribution in [0.3, 0.4) is 0 Å². The Hall–Kier alpha value is -3.30. The summed E-state index contributed by atoms with van der Waals surface area (Å²) in [6.07, 6.45) is 1.60. The molecule has 174 valence electrons. The van der Waals surface area contributed by atoms with Crippen molar-refractivity contribution in [2.75, 3.05) is 10.8 Å². The number of hydrogen-bond donors (Lipinski definition) is 0. The molecule has 0 fully saturated rings. The van der Waals surface area contributed by atoms with Gasteiger partial charge in [-0.3, -0.25) is 9.10 Å². The van der Waals surface area contributed by atoms with Crippen molar-refractivity contribution in [3.63, 3.8) is 0 Å². The van der Waals surface area contributed by atoms with E-state index in [1.165, 1.54) is 52.0 Å². The molecular formula is C25H22FN3O3S2. The monoisotopic (exact) mass is 495 g/mol. The van der Waals surface area contributed by atoms with Gasteiger partial charge in [0.05, 0.1) is 20.8 Å². The van der Waals surface area contributed by atoms with Gasteiger partial charge in [0.15, 0.2) is 4.80 Å². The van der Waals surface area contributed by atoms with Crippen molar-refractivity contribution in [1.29, 1.82) is 0 Å². The smallest absolute Gasteiger partial charge is 0.279 e. The molecule has 1 aliphatic rings. The van der Waals surface area contributed by atoms with Crippen LogP contribution < -0.4 is 9.11 Å². The molecule has 0 atom stereocenters. The van der Waals surface area contributed by atoms with Crippen LogP contribution >= 0.6 is 11.3 Å². The largest absolute Gasteiger partial charge is 0.317 e. The minimum atomic E-state index is -3.76. The van der Waals surface area contributed by atoms with Crippen LogP contribution in [0.25, 0.3) is 10.2 Å². The van der Waals surface area contributed by atoms with Crippen LogP contribution in [0.15, 0.2) is 76.6 Å². The van der Waals surface area contributed by atoms with Crippen molar-refractivity contribution in [1.82, 2.24) is 4.57 Å². The van der Waals surface area contributed by atoms with E-state index in [0.717, 1.165) is 23.9 Å². The summed E-state index contributed by atoms with van der Waals surface area (Å²) in [6, 6.07) is 17.9. The van der Waals surface area contributed by atoms with Crippen molar-refractivity contribution in [2.24, 2.45) is 4.99 Å². The molecule has 34 heavy (non-hydrogen) atoms. The van der Waals surface area contributed by atoms with Gasteiger partial charge in [-0.15, -0.1) is 0 Å². The number of hydrogen-bond acceptors (Lipinski definition) is 4. The zero-order chi connectivity index (χ0) is 23.9. The van der Waals surface area contributed by atoms with Gasteiger partial charge >= 0.3 is 0 Å². The van der Waals surface area contributed by atoms with E-state index in [1.54, 1.807) is 6.07 Å². The van der Waals surface area contributed by atoms with Crippen molar-refractivity contribution < 1.29 is 17.6 Å². The van der Waals surface area contributed by atoms with E-state index in [9.17, 15) is 17.6 Å². The number of thiazole rings is 1. The number of aryl methyl sites for hydroxylation is 2. The standard InChI is InChI=1S/C25H22FN3O3S2/c1-2-28-22-14-11-19(26)16-23(22)33-25(28)27-24(30)18-9-12-20(13-10-18)34(31,32)29-15-5-7-17-6-3-4-8-21(17)29/h3-4,6,8-14,16H,2,5,7,15H2,1H3. The Morgan fingerprint density at radius 1 is 1.09 bits per heavy atom. The van der Waals surface area contributed by atoms with Gasteiger partial charge in [0.2, 0.25) is 0 Å². The number of benzene rings is 3. The second kappa shape index (κ2) is 8.81. The fourth-order valence-corrected chi connectivity index (χ4v) is 6.89. The average Bonchev–Trinajstić information content (AvgIpc) is 3.19. The fourth-order valence-electron chi connectivity index (χ4n) is 4.23. The molecule has 0 bridgehead atoms. The third-order valence-corrected chi connectivity index (χ3v) is 8.78. The van der Waals surface area contributed by atoms with Crippen LogP contribution in [-0.4, -0.2) is 25.4 Å². The number of carbonyl (C=O) groups is 1. The van der Waals surface area contributed by atoms with E-state index in [0.29, 0.717) is 28.3 Å². The zero-order valence-electron chi connectivity index (χ0n) is 18.4. The third-order valence-electron chi connectivity index (χ3n) is 5.92. The number of fused-ring (bicyclic) bond motifs is 2. The fraction of sp³-hybridized carbons (Fsp3) is 0.200. The lowest BCUT2D eigenvalue weighted by molar-refractivity contribution is 0.0997. The Bertz CT molecular complexity index is 1570. The molecule has 0 saturated carbocycles. The Kier molecular flexibility index (Phi) is 5.83. The molecule has 1 aliphatic heterocycles. The topological polar surface area (TPSA) is 71.7 Å². The van der Waals surface area contributed by atoms with Crippen LogP contribution in [0, 0.1) is 5.82 Å². The van der Waals surface area contributed by atoms with Crippen molar-refractivity contribution in [2.45, 2.75) is 31.2 Å². The summed E-state index contributed by atoms with van der Waals surface area (Å²) in [5, 5.41) is 0. The first-order valence-electron chi connectivity index (χ1n) is 11.0. The lowest BCUT2D eigenvalue weighted by Crippen LogP contribution is -2.35. The summed E-state index contributed by atoms with van der Waals surface area (Å²) in [6.45, 7) is 2.92. The second-order valence-corrected chi connectivity index (χ2v) is 10.9. The van der Waals surface area contributed by atoms with Crippen LogP contribution in [0.4, 0.5) is 10.1 Å².